The van der Waals surface area contributed by atoms with E-state index in [4.69, 9.17) is 0 Å². The van der Waals surface area contributed by atoms with Gasteiger partial charge in [0.25, 0.3) is 0 Å². The average Bonchev–Trinajstić information content (AvgIpc) is 3.30. The van der Waals surface area contributed by atoms with Crippen LogP contribution in [0.5, 0.6) is 0 Å². The molecule has 0 aliphatic heterocycles. The summed E-state index contributed by atoms with van der Waals surface area (Å²) in [6, 6.07) is 6.40. The number of hydrogen-bond donors (Lipinski definition) is 2. The smallest absolute Gasteiger partial charge is 0.315 e. The number of benzene rings is 1. The third kappa shape index (κ3) is 4.12. The van der Waals surface area contributed by atoms with Gasteiger partial charge in [-0.2, -0.15) is 0 Å². The van der Waals surface area contributed by atoms with Gasteiger partial charge in [-0.05, 0) is 24.5 Å². The largest absolute Gasteiger partial charge is 0.337 e. The zero-order valence-corrected chi connectivity index (χ0v) is 14.8. The van der Waals surface area contributed by atoms with Crippen LogP contribution in [-0.4, -0.2) is 17.6 Å². The zero-order valence-electron chi connectivity index (χ0n) is 13.9. The Morgan fingerprint density at radius 2 is 2.08 bits per heavy atom. The fourth-order valence-electron chi connectivity index (χ4n) is 2.56. The van der Waals surface area contributed by atoms with Crippen molar-refractivity contribution in [3.8, 4) is 0 Å². The van der Waals surface area contributed by atoms with Gasteiger partial charge in [-0.25, -0.2) is 14.2 Å². The molecule has 1 aliphatic rings. The standard InChI is InChI=1S/C18H22FN3OS/c1-18(2,14-5-3-4-6-15(14)19)11-21-17(23)20-9-13-10-24-16(22-13)12-7-8-12/h3-6,10,12H,7-9,11H2,1-2H3,(H2,20,21,23). The Balaban J connectivity index is 1.48. The molecule has 1 heterocycles. The van der Waals surface area contributed by atoms with Crippen molar-refractivity contribution in [3.63, 3.8) is 0 Å². The van der Waals surface area contributed by atoms with Gasteiger partial charge < -0.3 is 10.6 Å². The minimum absolute atomic E-state index is 0.250. The Morgan fingerprint density at radius 1 is 1.33 bits per heavy atom. The summed E-state index contributed by atoms with van der Waals surface area (Å²) in [7, 11) is 0. The lowest BCUT2D eigenvalue weighted by Gasteiger charge is -2.26. The number of nitrogens with zero attached hydrogens (tertiary/aromatic N) is 1. The van der Waals surface area contributed by atoms with Gasteiger partial charge in [-0.1, -0.05) is 32.0 Å². The van der Waals surface area contributed by atoms with Gasteiger partial charge in [0.15, 0.2) is 0 Å². The van der Waals surface area contributed by atoms with Crippen molar-refractivity contribution in [3.05, 3.63) is 51.7 Å². The number of halogens is 1. The van der Waals surface area contributed by atoms with Crippen molar-refractivity contribution in [2.24, 2.45) is 0 Å². The molecule has 1 aromatic heterocycles. The van der Waals surface area contributed by atoms with Crippen LogP contribution in [0.2, 0.25) is 0 Å². The Morgan fingerprint density at radius 3 is 2.79 bits per heavy atom. The first-order chi connectivity index (χ1) is 11.5. The Labute approximate surface area is 145 Å². The molecule has 0 atom stereocenters. The highest BCUT2D eigenvalue weighted by Gasteiger charge is 2.27. The molecule has 2 N–H and O–H groups in total. The Kier molecular flexibility index (Phi) is 4.85. The van der Waals surface area contributed by atoms with E-state index in [1.807, 2.05) is 19.2 Å². The van der Waals surface area contributed by atoms with Gasteiger partial charge in [0.2, 0.25) is 0 Å². The monoisotopic (exact) mass is 347 g/mol. The van der Waals surface area contributed by atoms with Gasteiger partial charge in [0.05, 0.1) is 17.2 Å². The third-order valence-electron chi connectivity index (χ3n) is 4.22. The maximum absolute atomic E-state index is 13.9. The molecule has 0 unspecified atom stereocenters. The number of amides is 2. The molecule has 0 radical (unpaired) electrons. The van der Waals surface area contributed by atoms with Gasteiger partial charge in [-0.15, -0.1) is 11.3 Å². The van der Waals surface area contributed by atoms with Gasteiger partial charge in [0.1, 0.15) is 5.82 Å². The van der Waals surface area contributed by atoms with Crippen LogP contribution in [0.1, 0.15) is 48.9 Å². The molecule has 1 aliphatic carbocycles. The molecule has 1 aromatic carbocycles. The van der Waals surface area contributed by atoms with Crippen LogP contribution in [-0.2, 0) is 12.0 Å². The quantitative estimate of drug-likeness (QED) is 0.832. The molecule has 6 heteroatoms. The number of carbonyl (C=O) groups is 1. The van der Waals surface area contributed by atoms with E-state index in [1.54, 1.807) is 29.5 Å². The average molecular weight is 347 g/mol. The third-order valence-corrected chi connectivity index (χ3v) is 5.28. The van der Waals surface area contributed by atoms with E-state index in [0.717, 1.165) is 5.69 Å². The first-order valence-corrected chi connectivity index (χ1v) is 9.05. The predicted octanol–water partition coefficient (Wildman–Crippen LogP) is 3.94. The summed E-state index contributed by atoms with van der Waals surface area (Å²) in [5.41, 5.74) is 1.01. The lowest BCUT2D eigenvalue weighted by molar-refractivity contribution is 0.237. The number of nitrogens with one attached hydrogen (secondary N) is 2. The molecule has 2 aromatic rings. The van der Waals surface area contributed by atoms with E-state index in [-0.39, 0.29) is 11.8 Å². The van der Waals surface area contributed by atoms with E-state index < -0.39 is 5.41 Å². The van der Waals surface area contributed by atoms with Gasteiger partial charge in [-0.3, -0.25) is 0 Å². The fourth-order valence-corrected chi connectivity index (χ4v) is 3.55. The molecular formula is C18H22FN3OS. The van der Waals surface area contributed by atoms with Crippen LogP contribution < -0.4 is 10.6 Å². The van der Waals surface area contributed by atoms with Gasteiger partial charge in [0, 0.05) is 23.3 Å². The zero-order chi connectivity index (χ0) is 17.2. The summed E-state index contributed by atoms with van der Waals surface area (Å²) < 4.78 is 13.9. The number of hydrogen-bond acceptors (Lipinski definition) is 3. The first kappa shape index (κ1) is 16.9. The number of thiazole rings is 1. The molecule has 0 saturated heterocycles. The van der Waals surface area contributed by atoms with Crippen LogP contribution in [0.25, 0.3) is 0 Å². The molecule has 128 valence electrons. The Hall–Kier alpha value is -1.95. The van der Waals surface area contributed by atoms with Crippen LogP contribution in [0.4, 0.5) is 9.18 Å². The maximum Gasteiger partial charge on any atom is 0.315 e. The first-order valence-electron chi connectivity index (χ1n) is 8.17. The minimum Gasteiger partial charge on any atom is -0.337 e. The van der Waals surface area contributed by atoms with Gasteiger partial charge >= 0.3 is 6.03 Å². The van der Waals surface area contributed by atoms with E-state index in [2.05, 4.69) is 15.6 Å². The molecule has 3 rings (SSSR count). The maximum atomic E-state index is 13.9. The van der Waals surface area contributed by atoms with Crippen LogP contribution in [0.3, 0.4) is 0 Å². The topological polar surface area (TPSA) is 54.0 Å². The second-order valence-corrected chi connectivity index (χ2v) is 7.74. The highest BCUT2D eigenvalue weighted by atomic mass is 32.1. The summed E-state index contributed by atoms with van der Waals surface area (Å²) in [6.45, 7) is 4.58. The second kappa shape index (κ2) is 6.89. The second-order valence-electron chi connectivity index (χ2n) is 6.85. The molecule has 0 spiro atoms. The SMILES string of the molecule is CC(C)(CNC(=O)NCc1csc(C2CC2)n1)c1ccccc1F. The molecule has 4 nitrogen and oxygen atoms in total. The van der Waals surface area contributed by atoms with Crippen molar-refractivity contribution >= 4 is 17.4 Å². The number of carbonyl (C=O) groups excluding carboxylic acids is 1. The molecular weight excluding hydrogens is 325 g/mol. The molecule has 1 saturated carbocycles. The van der Waals surface area contributed by atoms with Crippen LogP contribution in [0.15, 0.2) is 29.6 Å². The summed E-state index contributed by atoms with van der Waals surface area (Å²) in [5, 5.41) is 8.80. The molecule has 1 fully saturated rings. The summed E-state index contributed by atoms with van der Waals surface area (Å²) >= 11 is 1.66. The van der Waals surface area contributed by atoms with Crippen molar-refractivity contribution in [1.82, 2.24) is 15.6 Å². The van der Waals surface area contributed by atoms with Crippen molar-refractivity contribution in [2.75, 3.05) is 6.54 Å². The van der Waals surface area contributed by atoms with Crippen molar-refractivity contribution in [1.29, 1.82) is 0 Å². The van der Waals surface area contributed by atoms with Crippen LogP contribution >= 0.6 is 11.3 Å². The number of aromatic nitrogens is 1. The highest BCUT2D eigenvalue weighted by molar-refractivity contribution is 7.09. The highest BCUT2D eigenvalue weighted by Crippen LogP contribution is 2.41. The summed E-state index contributed by atoms with van der Waals surface area (Å²) in [4.78, 5) is 16.5. The predicted molar refractivity (Wildman–Crippen MR) is 93.8 cm³/mol. The molecule has 0 bridgehead atoms. The van der Waals surface area contributed by atoms with E-state index >= 15 is 0 Å². The minimum atomic E-state index is -0.484. The van der Waals surface area contributed by atoms with Crippen molar-refractivity contribution in [2.45, 2.75) is 44.6 Å². The lowest BCUT2D eigenvalue weighted by atomic mass is 9.84. The Bertz CT molecular complexity index is 725. The van der Waals surface area contributed by atoms with E-state index in [1.165, 1.54) is 23.9 Å². The normalized spacial score (nSPS) is 14.5. The lowest BCUT2D eigenvalue weighted by Crippen LogP contribution is -2.42. The van der Waals surface area contributed by atoms with E-state index in [0.29, 0.717) is 24.6 Å². The van der Waals surface area contributed by atoms with Crippen molar-refractivity contribution < 1.29 is 9.18 Å². The number of urea groups is 1. The van der Waals surface area contributed by atoms with E-state index in [9.17, 15) is 9.18 Å². The summed E-state index contributed by atoms with van der Waals surface area (Å²) in [5.74, 6) is 0.388. The summed E-state index contributed by atoms with van der Waals surface area (Å²) in [6.07, 6.45) is 2.46. The molecule has 24 heavy (non-hydrogen) atoms. The fraction of sp³-hybridized carbons (Fsp3) is 0.444. The van der Waals surface area contributed by atoms with Crippen LogP contribution in [0, 0.1) is 5.82 Å². The molecule has 2 amide bonds. The number of rotatable bonds is 6.